The van der Waals surface area contributed by atoms with Crippen molar-refractivity contribution >= 4 is 22.5 Å². The van der Waals surface area contributed by atoms with Crippen LogP contribution < -0.4 is 5.32 Å². The van der Waals surface area contributed by atoms with Gasteiger partial charge in [0.05, 0.1) is 11.6 Å². The first kappa shape index (κ1) is 14.8. The normalized spacial score (nSPS) is 17.4. The van der Waals surface area contributed by atoms with Crippen LogP contribution in [0.25, 0.3) is 10.9 Å². The molecule has 4 heteroatoms. The molecule has 0 saturated heterocycles. The van der Waals surface area contributed by atoms with Crippen molar-refractivity contribution in [2.45, 2.75) is 38.3 Å². The maximum absolute atomic E-state index is 10.2. The second kappa shape index (κ2) is 6.73. The molecule has 1 aliphatic carbocycles. The van der Waals surface area contributed by atoms with Gasteiger partial charge in [0.25, 0.3) is 0 Å². The van der Waals surface area contributed by atoms with Gasteiger partial charge in [-0.15, -0.1) is 0 Å². The first-order chi connectivity index (χ1) is 10.3. The van der Waals surface area contributed by atoms with Crippen molar-refractivity contribution in [3.05, 3.63) is 41.0 Å². The Balaban J connectivity index is 1.64. The first-order valence-electron chi connectivity index (χ1n) is 7.66. The van der Waals surface area contributed by atoms with Crippen molar-refractivity contribution in [1.82, 2.24) is 10.3 Å². The average molecular weight is 305 g/mol. The topological polar surface area (TPSA) is 45.1 Å². The molecule has 3 nitrogen and oxygen atoms in total. The molecule has 0 spiro atoms. The zero-order valence-electron chi connectivity index (χ0n) is 12.1. The summed E-state index contributed by atoms with van der Waals surface area (Å²) in [6.07, 6.45) is 6.39. The summed E-state index contributed by atoms with van der Waals surface area (Å²) in [7, 11) is 0. The van der Waals surface area contributed by atoms with Crippen LogP contribution in [-0.2, 0) is 6.54 Å². The largest absolute Gasteiger partial charge is 0.392 e. The Hall–Kier alpha value is -1.16. The van der Waals surface area contributed by atoms with E-state index in [0.717, 1.165) is 34.3 Å². The van der Waals surface area contributed by atoms with Gasteiger partial charge in [0.2, 0.25) is 0 Å². The van der Waals surface area contributed by atoms with Crippen molar-refractivity contribution in [2.75, 3.05) is 6.54 Å². The molecule has 0 aliphatic heterocycles. The van der Waals surface area contributed by atoms with E-state index in [1.807, 2.05) is 24.3 Å². The SMILES string of the molecule is OC(CNCc1ccc(Cl)c2cccnc12)C1CCCC1. The number of rotatable bonds is 5. The van der Waals surface area contributed by atoms with Gasteiger partial charge < -0.3 is 10.4 Å². The lowest BCUT2D eigenvalue weighted by atomic mass is 10.0. The number of benzene rings is 1. The van der Waals surface area contributed by atoms with Crippen LogP contribution in [0.4, 0.5) is 0 Å². The van der Waals surface area contributed by atoms with Crippen LogP contribution in [0.15, 0.2) is 30.5 Å². The van der Waals surface area contributed by atoms with E-state index in [0.29, 0.717) is 19.0 Å². The summed E-state index contributed by atoms with van der Waals surface area (Å²) in [6.45, 7) is 1.34. The maximum atomic E-state index is 10.2. The lowest BCUT2D eigenvalue weighted by Crippen LogP contribution is -2.31. The van der Waals surface area contributed by atoms with Crippen LogP contribution in [0.2, 0.25) is 5.02 Å². The predicted molar refractivity (Wildman–Crippen MR) is 86.4 cm³/mol. The van der Waals surface area contributed by atoms with E-state index in [-0.39, 0.29) is 6.10 Å². The number of nitrogens with zero attached hydrogens (tertiary/aromatic N) is 1. The lowest BCUT2D eigenvalue weighted by molar-refractivity contribution is 0.109. The second-order valence-corrected chi connectivity index (χ2v) is 6.26. The number of aliphatic hydroxyl groups is 1. The maximum Gasteiger partial charge on any atom is 0.0761 e. The number of hydrogen-bond acceptors (Lipinski definition) is 3. The fourth-order valence-corrected chi connectivity index (χ4v) is 3.42. The van der Waals surface area contributed by atoms with Crippen LogP contribution in [0, 0.1) is 5.92 Å². The highest BCUT2D eigenvalue weighted by atomic mass is 35.5. The van der Waals surface area contributed by atoms with Gasteiger partial charge in [-0.25, -0.2) is 0 Å². The third kappa shape index (κ3) is 3.37. The highest BCUT2D eigenvalue weighted by molar-refractivity contribution is 6.35. The van der Waals surface area contributed by atoms with Crippen molar-refractivity contribution < 1.29 is 5.11 Å². The van der Waals surface area contributed by atoms with Crippen molar-refractivity contribution in [2.24, 2.45) is 5.92 Å². The molecule has 0 bridgehead atoms. The summed E-state index contributed by atoms with van der Waals surface area (Å²) in [6, 6.07) is 7.80. The molecule has 0 radical (unpaired) electrons. The van der Waals surface area contributed by atoms with Gasteiger partial charge in [0.1, 0.15) is 0 Å². The first-order valence-corrected chi connectivity index (χ1v) is 8.04. The number of hydrogen-bond donors (Lipinski definition) is 2. The number of fused-ring (bicyclic) bond motifs is 1. The van der Waals surface area contributed by atoms with Gasteiger partial charge in [-0.2, -0.15) is 0 Å². The predicted octanol–water partition coefficient (Wildman–Crippen LogP) is 3.53. The summed E-state index contributed by atoms with van der Waals surface area (Å²) in [5.41, 5.74) is 2.06. The van der Waals surface area contributed by atoms with Crippen LogP contribution >= 0.6 is 11.6 Å². The van der Waals surface area contributed by atoms with Gasteiger partial charge in [-0.05, 0) is 42.5 Å². The molecule has 2 aromatic rings. The molecular weight excluding hydrogens is 284 g/mol. The molecule has 1 aromatic carbocycles. The van der Waals surface area contributed by atoms with E-state index in [2.05, 4.69) is 10.3 Å². The molecule has 1 aromatic heterocycles. The molecule has 1 fully saturated rings. The molecule has 2 N–H and O–H groups in total. The Morgan fingerprint density at radius 2 is 2.10 bits per heavy atom. The van der Waals surface area contributed by atoms with Gasteiger partial charge in [0.15, 0.2) is 0 Å². The van der Waals surface area contributed by atoms with Crippen molar-refractivity contribution in [3.63, 3.8) is 0 Å². The zero-order chi connectivity index (χ0) is 14.7. The summed E-state index contributed by atoms with van der Waals surface area (Å²) in [5, 5.41) is 15.3. The molecule has 3 rings (SSSR count). The number of pyridine rings is 1. The number of nitrogens with one attached hydrogen (secondary N) is 1. The van der Waals surface area contributed by atoms with E-state index in [4.69, 9.17) is 11.6 Å². The van der Waals surface area contributed by atoms with Crippen LogP contribution in [0.1, 0.15) is 31.2 Å². The molecular formula is C17H21ClN2O. The lowest BCUT2D eigenvalue weighted by Gasteiger charge is -2.18. The Bertz CT molecular complexity index is 611. The highest BCUT2D eigenvalue weighted by Gasteiger charge is 2.22. The van der Waals surface area contributed by atoms with Crippen molar-refractivity contribution in [1.29, 1.82) is 0 Å². The Kier molecular flexibility index (Phi) is 4.73. The van der Waals surface area contributed by atoms with Crippen LogP contribution in [0.3, 0.4) is 0 Å². The molecule has 1 heterocycles. The van der Waals surface area contributed by atoms with E-state index in [1.165, 1.54) is 12.8 Å². The van der Waals surface area contributed by atoms with Crippen LogP contribution in [-0.4, -0.2) is 22.7 Å². The minimum Gasteiger partial charge on any atom is -0.392 e. The van der Waals surface area contributed by atoms with E-state index in [9.17, 15) is 5.11 Å². The number of aliphatic hydroxyl groups excluding tert-OH is 1. The zero-order valence-corrected chi connectivity index (χ0v) is 12.8. The van der Waals surface area contributed by atoms with Gasteiger partial charge >= 0.3 is 0 Å². The Morgan fingerprint density at radius 3 is 2.90 bits per heavy atom. The Morgan fingerprint density at radius 1 is 1.29 bits per heavy atom. The minimum absolute atomic E-state index is 0.237. The number of aromatic nitrogens is 1. The minimum atomic E-state index is -0.237. The van der Waals surface area contributed by atoms with Gasteiger partial charge in [-0.1, -0.05) is 30.5 Å². The molecule has 112 valence electrons. The third-order valence-corrected chi connectivity index (χ3v) is 4.74. The summed E-state index contributed by atoms with van der Waals surface area (Å²) >= 11 is 6.20. The van der Waals surface area contributed by atoms with Crippen LogP contribution in [0.5, 0.6) is 0 Å². The Labute approximate surface area is 130 Å². The molecule has 21 heavy (non-hydrogen) atoms. The number of halogens is 1. The monoisotopic (exact) mass is 304 g/mol. The van der Waals surface area contributed by atoms with E-state index in [1.54, 1.807) is 6.20 Å². The molecule has 1 saturated carbocycles. The van der Waals surface area contributed by atoms with Crippen molar-refractivity contribution in [3.8, 4) is 0 Å². The smallest absolute Gasteiger partial charge is 0.0761 e. The quantitative estimate of drug-likeness (QED) is 0.888. The fraction of sp³-hybridized carbons (Fsp3) is 0.471. The van der Waals surface area contributed by atoms with E-state index >= 15 is 0 Å². The third-order valence-electron chi connectivity index (χ3n) is 4.41. The van der Waals surface area contributed by atoms with E-state index < -0.39 is 0 Å². The summed E-state index contributed by atoms with van der Waals surface area (Å²) in [4.78, 5) is 4.43. The molecule has 1 atom stereocenters. The summed E-state index contributed by atoms with van der Waals surface area (Å²) in [5.74, 6) is 0.470. The highest BCUT2D eigenvalue weighted by Crippen LogP contribution is 2.28. The van der Waals surface area contributed by atoms with Gasteiger partial charge in [-0.3, -0.25) is 4.98 Å². The average Bonchev–Trinajstić information content (AvgIpc) is 3.04. The fourth-order valence-electron chi connectivity index (χ4n) is 3.20. The molecule has 0 amide bonds. The second-order valence-electron chi connectivity index (χ2n) is 5.85. The molecule has 1 unspecified atom stereocenters. The van der Waals surface area contributed by atoms with Gasteiger partial charge in [0, 0.05) is 29.7 Å². The molecule has 1 aliphatic rings. The summed E-state index contributed by atoms with van der Waals surface area (Å²) < 4.78 is 0. The standard InChI is InChI=1S/C17H21ClN2O/c18-15-8-7-13(17-14(15)6-3-9-20-17)10-19-11-16(21)12-4-1-2-5-12/h3,6-9,12,16,19,21H,1-2,4-5,10-11H2.